The van der Waals surface area contributed by atoms with Crippen LogP contribution in [0.15, 0.2) is 46.9 Å². The van der Waals surface area contributed by atoms with Gasteiger partial charge in [-0.1, -0.05) is 29.8 Å². The van der Waals surface area contributed by atoms with Gasteiger partial charge in [0.05, 0.1) is 34.1 Å². The molecule has 1 aromatic rings. The molecule has 188 valence electrons. The molecule has 33 heavy (non-hydrogen) atoms. The predicted molar refractivity (Wildman–Crippen MR) is 128 cm³/mol. The third kappa shape index (κ3) is 8.16. The molecule has 1 aliphatic heterocycles. The van der Waals surface area contributed by atoms with Gasteiger partial charge in [0, 0.05) is 14.2 Å². The van der Waals surface area contributed by atoms with E-state index in [1.165, 1.54) is 0 Å². The first kappa shape index (κ1) is 28.0. The first-order chi connectivity index (χ1) is 15.5. The SMILES string of the molecule is COCO[C@H](CC/C(C)=C/CS(=O)(=O)c1ccccc1)[C@]1(C)CC[C@H](C(C)(C)OCOC)O1. The highest BCUT2D eigenvalue weighted by Gasteiger charge is 2.48. The maximum Gasteiger partial charge on any atom is 0.181 e. The van der Waals surface area contributed by atoms with E-state index in [1.54, 1.807) is 50.6 Å². The summed E-state index contributed by atoms with van der Waals surface area (Å²) in [5.74, 6) is -0.0205. The van der Waals surface area contributed by atoms with Crippen LogP contribution >= 0.6 is 0 Å². The zero-order valence-corrected chi connectivity index (χ0v) is 21.7. The van der Waals surface area contributed by atoms with Crippen LogP contribution in [0.3, 0.4) is 0 Å². The molecule has 7 nitrogen and oxygen atoms in total. The van der Waals surface area contributed by atoms with E-state index < -0.39 is 21.0 Å². The van der Waals surface area contributed by atoms with Gasteiger partial charge in [-0.2, -0.15) is 0 Å². The fraction of sp³-hybridized carbons (Fsp3) is 0.680. The second kappa shape index (κ2) is 12.4. The van der Waals surface area contributed by atoms with Gasteiger partial charge in [-0.15, -0.1) is 0 Å². The Morgan fingerprint density at radius 1 is 1.21 bits per heavy atom. The lowest BCUT2D eigenvalue weighted by molar-refractivity contribution is -0.212. The van der Waals surface area contributed by atoms with Gasteiger partial charge in [0.2, 0.25) is 0 Å². The number of allylic oxidation sites excluding steroid dienone is 1. The molecule has 0 aromatic heterocycles. The Labute approximate surface area is 199 Å². The first-order valence-corrected chi connectivity index (χ1v) is 13.0. The van der Waals surface area contributed by atoms with Crippen molar-refractivity contribution in [1.82, 2.24) is 0 Å². The second-order valence-corrected chi connectivity index (χ2v) is 11.4. The molecule has 1 fully saturated rings. The fourth-order valence-electron chi connectivity index (χ4n) is 4.04. The highest BCUT2D eigenvalue weighted by molar-refractivity contribution is 7.91. The number of ether oxygens (including phenoxy) is 5. The van der Waals surface area contributed by atoms with E-state index in [4.69, 9.17) is 23.7 Å². The smallest absolute Gasteiger partial charge is 0.181 e. The van der Waals surface area contributed by atoms with Crippen molar-refractivity contribution >= 4 is 9.84 Å². The standard InChI is InChI=1S/C25H40O7S/c1-20(15-17-33(26,27)21-10-8-7-9-11-21)12-13-23(30-18-28-5)25(4)16-14-22(32-25)24(2,3)31-19-29-6/h7-11,15,22-23H,12-14,16-19H2,1-6H3/b20-15+/t22-,23-,25+/m1/s1. The average Bonchev–Trinajstić information content (AvgIpc) is 3.21. The van der Waals surface area contributed by atoms with Crippen molar-refractivity contribution in [2.75, 3.05) is 33.6 Å². The molecule has 0 bridgehead atoms. The summed E-state index contributed by atoms with van der Waals surface area (Å²) in [4.78, 5) is 0.339. The largest absolute Gasteiger partial charge is 0.366 e. The molecule has 0 amide bonds. The molecule has 3 atom stereocenters. The Hall–Kier alpha value is -1.29. The van der Waals surface area contributed by atoms with Gasteiger partial charge in [0.15, 0.2) is 9.84 Å². The summed E-state index contributed by atoms with van der Waals surface area (Å²) in [6.07, 6.45) is 4.58. The van der Waals surface area contributed by atoms with E-state index in [-0.39, 0.29) is 31.5 Å². The molecule has 0 N–H and O–H groups in total. The maximum absolute atomic E-state index is 12.6. The summed E-state index contributed by atoms with van der Waals surface area (Å²) in [7, 11) is -0.145. The summed E-state index contributed by atoms with van der Waals surface area (Å²) < 4.78 is 53.7. The molecule has 0 saturated carbocycles. The molecule has 0 spiro atoms. The molecular formula is C25H40O7S. The summed E-state index contributed by atoms with van der Waals surface area (Å²) in [6, 6.07) is 8.53. The van der Waals surface area contributed by atoms with Crippen LogP contribution in [0.25, 0.3) is 0 Å². The van der Waals surface area contributed by atoms with Crippen molar-refractivity contribution in [2.24, 2.45) is 0 Å². The zero-order chi connectivity index (χ0) is 24.5. The van der Waals surface area contributed by atoms with Crippen LogP contribution in [0.5, 0.6) is 0 Å². The van der Waals surface area contributed by atoms with Crippen LogP contribution in [0.2, 0.25) is 0 Å². The summed E-state index contributed by atoms with van der Waals surface area (Å²) >= 11 is 0. The van der Waals surface area contributed by atoms with Crippen molar-refractivity contribution in [3.63, 3.8) is 0 Å². The number of hydrogen-bond acceptors (Lipinski definition) is 7. The quantitative estimate of drug-likeness (QED) is 0.284. The number of methoxy groups -OCH3 is 2. The van der Waals surface area contributed by atoms with Crippen molar-refractivity contribution < 1.29 is 32.1 Å². The Balaban J connectivity index is 2.01. The van der Waals surface area contributed by atoms with Gasteiger partial charge in [-0.05, 0) is 65.5 Å². The molecule has 0 aliphatic carbocycles. The summed E-state index contributed by atoms with van der Waals surface area (Å²) in [5, 5.41) is 0. The van der Waals surface area contributed by atoms with Crippen molar-refractivity contribution in [3.8, 4) is 0 Å². The van der Waals surface area contributed by atoms with Crippen LogP contribution in [0, 0.1) is 0 Å². The van der Waals surface area contributed by atoms with E-state index in [9.17, 15) is 8.42 Å². The predicted octanol–water partition coefficient (Wildman–Crippen LogP) is 4.51. The molecule has 1 saturated heterocycles. The highest BCUT2D eigenvalue weighted by Crippen LogP contribution is 2.41. The van der Waals surface area contributed by atoms with E-state index >= 15 is 0 Å². The van der Waals surface area contributed by atoms with E-state index in [2.05, 4.69) is 6.92 Å². The summed E-state index contributed by atoms with van der Waals surface area (Å²) in [6.45, 7) is 8.42. The highest BCUT2D eigenvalue weighted by atomic mass is 32.2. The summed E-state index contributed by atoms with van der Waals surface area (Å²) in [5.41, 5.74) is 0.0246. The van der Waals surface area contributed by atoms with Crippen LogP contribution in [-0.4, -0.2) is 65.4 Å². The number of hydrogen-bond donors (Lipinski definition) is 0. The van der Waals surface area contributed by atoms with Crippen molar-refractivity contribution in [2.45, 2.75) is 81.7 Å². The van der Waals surface area contributed by atoms with E-state index in [1.807, 2.05) is 20.8 Å². The minimum Gasteiger partial charge on any atom is -0.366 e. The second-order valence-electron chi connectivity index (χ2n) is 9.36. The van der Waals surface area contributed by atoms with Crippen LogP contribution in [0.4, 0.5) is 0 Å². The maximum atomic E-state index is 12.6. The minimum atomic E-state index is -3.34. The van der Waals surface area contributed by atoms with Crippen molar-refractivity contribution in [1.29, 1.82) is 0 Å². The molecule has 1 aromatic carbocycles. The van der Waals surface area contributed by atoms with Crippen molar-refractivity contribution in [3.05, 3.63) is 42.0 Å². The topological polar surface area (TPSA) is 80.3 Å². The van der Waals surface area contributed by atoms with E-state index in [0.717, 1.165) is 18.4 Å². The Morgan fingerprint density at radius 2 is 1.88 bits per heavy atom. The lowest BCUT2D eigenvalue weighted by Gasteiger charge is -2.37. The Morgan fingerprint density at radius 3 is 2.52 bits per heavy atom. The van der Waals surface area contributed by atoms with Crippen LogP contribution < -0.4 is 0 Å². The third-order valence-electron chi connectivity index (χ3n) is 6.26. The normalized spacial score (nSPS) is 23.1. The van der Waals surface area contributed by atoms with Crippen LogP contribution in [-0.2, 0) is 33.5 Å². The van der Waals surface area contributed by atoms with Gasteiger partial charge in [0.25, 0.3) is 0 Å². The lowest BCUT2D eigenvalue weighted by Crippen LogP contribution is -2.46. The third-order valence-corrected chi connectivity index (χ3v) is 7.86. The number of sulfone groups is 1. The molecule has 1 aliphatic rings. The molecule has 0 unspecified atom stereocenters. The Bertz CT molecular complexity index is 851. The van der Waals surface area contributed by atoms with Gasteiger partial charge >= 0.3 is 0 Å². The van der Waals surface area contributed by atoms with Gasteiger partial charge in [-0.25, -0.2) is 8.42 Å². The minimum absolute atomic E-state index is 0.0205. The lowest BCUT2D eigenvalue weighted by atomic mass is 9.90. The first-order valence-electron chi connectivity index (χ1n) is 11.4. The molecule has 1 heterocycles. The molecular weight excluding hydrogens is 444 g/mol. The monoisotopic (exact) mass is 484 g/mol. The number of benzene rings is 1. The average molecular weight is 485 g/mol. The molecule has 8 heteroatoms. The Kier molecular flexibility index (Phi) is 10.5. The van der Waals surface area contributed by atoms with Gasteiger partial charge < -0.3 is 23.7 Å². The van der Waals surface area contributed by atoms with E-state index in [0.29, 0.717) is 17.7 Å². The molecule has 0 radical (unpaired) electrons. The van der Waals surface area contributed by atoms with Gasteiger partial charge in [-0.3, -0.25) is 0 Å². The molecule has 2 rings (SSSR count). The zero-order valence-electron chi connectivity index (χ0n) is 20.8. The fourth-order valence-corrected chi connectivity index (χ4v) is 5.31. The van der Waals surface area contributed by atoms with Gasteiger partial charge in [0.1, 0.15) is 13.6 Å². The number of rotatable bonds is 14. The van der Waals surface area contributed by atoms with Crippen LogP contribution in [0.1, 0.15) is 53.4 Å².